The van der Waals surface area contributed by atoms with E-state index in [4.69, 9.17) is 0 Å². The molecular weight excluding hydrogens is 330 g/mol. The quantitative estimate of drug-likeness (QED) is 0.890. The molecule has 1 saturated carbocycles. The topological polar surface area (TPSA) is 80.1 Å². The monoisotopic (exact) mass is 357 g/mol. The third-order valence-electron chi connectivity index (χ3n) is 5.17. The summed E-state index contributed by atoms with van der Waals surface area (Å²) in [7, 11) is 1.65. The van der Waals surface area contributed by atoms with Crippen molar-refractivity contribution in [3.63, 3.8) is 0 Å². The molecule has 7 heteroatoms. The zero-order chi connectivity index (χ0) is 18.7. The van der Waals surface area contributed by atoms with Crippen molar-refractivity contribution in [1.29, 1.82) is 0 Å². The fraction of sp³-hybridized carbons (Fsp3) is 0.579. The van der Waals surface area contributed by atoms with E-state index in [-0.39, 0.29) is 24.4 Å². The van der Waals surface area contributed by atoms with Crippen molar-refractivity contribution in [3.8, 4) is 0 Å². The van der Waals surface area contributed by atoms with Crippen LogP contribution in [0.1, 0.15) is 49.9 Å². The molecule has 3 rings (SSSR count). The van der Waals surface area contributed by atoms with Crippen LogP contribution in [-0.2, 0) is 11.3 Å². The fourth-order valence-electron chi connectivity index (χ4n) is 3.52. The van der Waals surface area contributed by atoms with Crippen molar-refractivity contribution in [3.05, 3.63) is 23.8 Å². The Balaban J connectivity index is 1.59. The maximum atomic E-state index is 12.6. The van der Waals surface area contributed by atoms with Crippen LogP contribution in [0.5, 0.6) is 0 Å². The maximum Gasteiger partial charge on any atom is 0.254 e. The smallest absolute Gasteiger partial charge is 0.254 e. The van der Waals surface area contributed by atoms with Gasteiger partial charge in [0.05, 0.1) is 12.1 Å². The number of benzene rings is 1. The molecule has 0 radical (unpaired) electrons. The van der Waals surface area contributed by atoms with Crippen molar-refractivity contribution in [1.82, 2.24) is 25.2 Å². The summed E-state index contributed by atoms with van der Waals surface area (Å²) in [4.78, 5) is 26.3. The highest BCUT2D eigenvalue weighted by molar-refractivity contribution is 5.98. The van der Waals surface area contributed by atoms with Gasteiger partial charge in [-0.2, -0.15) is 0 Å². The molecule has 0 aliphatic heterocycles. The van der Waals surface area contributed by atoms with Gasteiger partial charge in [-0.3, -0.25) is 9.59 Å². The van der Waals surface area contributed by atoms with E-state index in [1.807, 2.05) is 13.0 Å². The molecular formula is C19H27N5O2. The summed E-state index contributed by atoms with van der Waals surface area (Å²) in [5, 5.41) is 11.2. The van der Waals surface area contributed by atoms with Gasteiger partial charge < -0.3 is 10.2 Å². The molecule has 0 spiro atoms. The van der Waals surface area contributed by atoms with Gasteiger partial charge in [-0.15, -0.1) is 5.10 Å². The van der Waals surface area contributed by atoms with Crippen LogP contribution in [0.4, 0.5) is 0 Å². The average molecular weight is 357 g/mol. The van der Waals surface area contributed by atoms with Gasteiger partial charge in [0.1, 0.15) is 5.52 Å². The minimum atomic E-state index is -0.189. The molecule has 2 aromatic rings. The van der Waals surface area contributed by atoms with Crippen LogP contribution in [0.2, 0.25) is 0 Å². The number of nitrogens with one attached hydrogen (secondary N) is 1. The van der Waals surface area contributed by atoms with Gasteiger partial charge in [0.15, 0.2) is 0 Å². The van der Waals surface area contributed by atoms with Gasteiger partial charge >= 0.3 is 0 Å². The van der Waals surface area contributed by atoms with Gasteiger partial charge in [0, 0.05) is 25.2 Å². The largest absolute Gasteiger partial charge is 0.352 e. The first kappa shape index (κ1) is 18.4. The Labute approximate surface area is 153 Å². The number of likely N-dealkylation sites (N-methyl/N-ethyl adjacent to an activating group) is 1. The second kappa shape index (κ2) is 7.85. The van der Waals surface area contributed by atoms with Gasteiger partial charge in [-0.25, -0.2) is 4.68 Å². The first-order valence-corrected chi connectivity index (χ1v) is 9.36. The van der Waals surface area contributed by atoms with Gasteiger partial charge in [-0.1, -0.05) is 12.1 Å². The van der Waals surface area contributed by atoms with E-state index in [0.717, 1.165) is 43.7 Å². The first-order chi connectivity index (χ1) is 12.5. The molecule has 1 fully saturated rings. The summed E-state index contributed by atoms with van der Waals surface area (Å²) in [5.74, 6) is 0.455. The van der Waals surface area contributed by atoms with Gasteiger partial charge in [-0.05, 0) is 56.7 Å². The number of rotatable bonds is 5. The van der Waals surface area contributed by atoms with Crippen molar-refractivity contribution in [2.24, 2.45) is 5.92 Å². The molecule has 140 valence electrons. The molecule has 0 unspecified atom stereocenters. The lowest BCUT2D eigenvalue weighted by atomic mass is 9.87. The Morgan fingerprint density at radius 2 is 2.00 bits per heavy atom. The number of carbonyl (C=O) groups is 2. The molecule has 1 aromatic heterocycles. The van der Waals surface area contributed by atoms with E-state index in [9.17, 15) is 9.59 Å². The van der Waals surface area contributed by atoms with Gasteiger partial charge in [0.2, 0.25) is 5.91 Å². The number of hydrogen-bond acceptors (Lipinski definition) is 4. The van der Waals surface area contributed by atoms with Crippen molar-refractivity contribution >= 4 is 22.8 Å². The summed E-state index contributed by atoms with van der Waals surface area (Å²) in [6.07, 6.45) is 4.35. The molecule has 0 saturated heterocycles. The van der Waals surface area contributed by atoms with Crippen molar-refractivity contribution < 1.29 is 9.59 Å². The predicted molar refractivity (Wildman–Crippen MR) is 99.7 cm³/mol. The highest BCUT2D eigenvalue weighted by atomic mass is 16.2. The summed E-state index contributed by atoms with van der Waals surface area (Å²) in [6, 6.07) is 5.58. The SMILES string of the molecule is CCn1nnc2cc(C(=O)N(C)CC(=O)NC3CCC(C)CC3)ccc21. The number of hydrogen-bond donors (Lipinski definition) is 1. The standard InChI is InChI=1S/C19H27N5O2/c1-4-24-17-10-7-14(11-16(17)21-22-24)19(26)23(3)12-18(25)20-15-8-5-13(2)6-9-15/h7,10-11,13,15H,4-6,8-9,12H2,1-3H3,(H,20,25). The maximum absolute atomic E-state index is 12.6. The van der Waals surface area contributed by atoms with E-state index in [1.165, 1.54) is 4.90 Å². The second-order valence-corrected chi connectivity index (χ2v) is 7.29. The van der Waals surface area contributed by atoms with E-state index < -0.39 is 0 Å². The molecule has 7 nitrogen and oxygen atoms in total. The van der Waals surface area contributed by atoms with Crippen LogP contribution in [0, 0.1) is 5.92 Å². The Hall–Kier alpha value is -2.44. The molecule has 1 aliphatic carbocycles. The van der Waals surface area contributed by atoms with E-state index in [0.29, 0.717) is 11.1 Å². The fourth-order valence-corrected chi connectivity index (χ4v) is 3.52. The van der Waals surface area contributed by atoms with Crippen molar-refractivity contribution in [2.45, 2.75) is 52.1 Å². The Kier molecular flexibility index (Phi) is 5.54. The first-order valence-electron chi connectivity index (χ1n) is 9.36. The minimum absolute atomic E-state index is 0.0601. The zero-order valence-electron chi connectivity index (χ0n) is 15.7. The van der Waals surface area contributed by atoms with Crippen LogP contribution in [0.25, 0.3) is 11.0 Å². The third kappa shape index (κ3) is 4.03. The van der Waals surface area contributed by atoms with Crippen LogP contribution in [0.15, 0.2) is 18.2 Å². The number of amides is 2. The number of carbonyl (C=O) groups excluding carboxylic acids is 2. The molecule has 1 aliphatic rings. The lowest BCUT2D eigenvalue weighted by molar-refractivity contribution is -0.122. The second-order valence-electron chi connectivity index (χ2n) is 7.29. The van der Waals surface area contributed by atoms with Crippen LogP contribution < -0.4 is 5.32 Å². The summed E-state index contributed by atoms with van der Waals surface area (Å²) in [6.45, 7) is 5.03. The highest BCUT2D eigenvalue weighted by Crippen LogP contribution is 2.23. The number of aromatic nitrogens is 3. The zero-order valence-corrected chi connectivity index (χ0v) is 15.7. The average Bonchev–Trinajstić information content (AvgIpc) is 3.05. The lowest BCUT2D eigenvalue weighted by Gasteiger charge is -2.27. The highest BCUT2D eigenvalue weighted by Gasteiger charge is 2.21. The third-order valence-corrected chi connectivity index (χ3v) is 5.17. The molecule has 26 heavy (non-hydrogen) atoms. The molecule has 1 heterocycles. The lowest BCUT2D eigenvalue weighted by Crippen LogP contribution is -2.43. The van der Waals surface area contributed by atoms with E-state index >= 15 is 0 Å². The van der Waals surface area contributed by atoms with E-state index in [1.54, 1.807) is 23.9 Å². The molecule has 0 bridgehead atoms. The molecule has 1 aromatic carbocycles. The summed E-state index contributed by atoms with van der Waals surface area (Å²) in [5.41, 5.74) is 2.10. The van der Waals surface area contributed by atoms with Crippen LogP contribution in [0.3, 0.4) is 0 Å². The number of fused-ring (bicyclic) bond motifs is 1. The van der Waals surface area contributed by atoms with Crippen LogP contribution in [-0.4, -0.2) is 51.3 Å². The summed E-state index contributed by atoms with van der Waals surface area (Å²) < 4.78 is 1.78. The van der Waals surface area contributed by atoms with Crippen LogP contribution >= 0.6 is 0 Å². The van der Waals surface area contributed by atoms with Crippen molar-refractivity contribution in [2.75, 3.05) is 13.6 Å². The Morgan fingerprint density at radius 1 is 1.27 bits per heavy atom. The normalized spacial score (nSPS) is 20.1. The Bertz CT molecular complexity index is 792. The van der Waals surface area contributed by atoms with Gasteiger partial charge in [0.25, 0.3) is 5.91 Å². The van der Waals surface area contributed by atoms with E-state index in [2.05, 4.69) is 22.6 Å². The molecule has 1 N–H and O–H groups in total. The number of nitrogens with zero attached hydrogens (tertiary/aromatic N) is 4. The summed E-state index contributed by atoms with van der Waals surface area (Å²) >= 11 is 0. The predicted octanol–water partition coefficient (Wildman–Crippen LogP) is 2.22. The minimum Gasteiger partial charge on any atom is -0.352 e. The Morgan fingerprint density at radius 3 is 2.69 bits per heavy atom. The molecule has 0 atom stereocenters. The number of aryl methyl sites for hydroxylation is 1. The molecule has 2 amide bonds.